The minimum absolute atomic E-state index is 0. The highest BCUT2D eigenvalue weighted by Crippen LogP contribution is 2.36. The fraction of sp³-hybridized carbons (Fsp3) is 0.600. The summed E-state index contributed by atoms with van der Waals surface area (Å²) in [5.41, 5.74) is 3.42. The number of fused-ring (bicyclic) bond motifs is 1. The molecule has 2 heterocycles. The Morgan fingerprint density at radius 1 is 1.05 bits per heavy atom. The molecule has 0 amide bonds. The molecule has 110 valence electrons. The molecule has 1 saturated heterocycles. The van der Waals surface area contributed by atoms with Gasteiger partial charge in [-0.2, -0.15) is 0 Å². The summed E-state index contributed by atoms with van der Waals surface area (Å²) in [5.74, 6) is 0. The minimum atomic E-state index is -0.269. The Labute approximate surface area is 128 Å². The van der Waals surface area contributed by atoms with Gasteiger partial charge in [0.2, 0.25) is 0 Å². The number of nitrogens with one attached hydrogen (secondary N) is 1. The zero-order valence-electron chi connectivity index (χ0n) is 12.7. The summed E-state index contributed by atoms with van der Waals surface area (Å²) >= 11 is 0. The molecule has 2 aliphatic rings. The van der Waals surface area contributed by atoms with Gasteiger partial charge in [-0.15, -0.1) is 12.4 Å². The molecule has 3 rings (SSSR count). The fourth-order valence-corrected chi connectivity index (χ4v) is 2.62. The van der Waals surface area contributed by atoms with Crippen molar-refractivity contribution in [2.24, 2.45) is 0 Å². The van der Waals surface area contributed by atoms with Crippen LogP contribution in [0, 0.1) is 0 Å². The van der Waals surface area contributed by atoms with Crippen molar-refractivity contribution in [1.82, 2.24) is 5.32 Å². The summed E-state index contributed by atoms with van der Waals surface area (Å²) in [5, 5.41) is 3.39. The molecule has 1 aromatic rings. The van der Waals surface area contributed by atoms with E-state index in [2.05, 4.69) is 51.2 Å². The Hall–Kier alpha value is -0.545. The van der Waals surface area contributed by atoms with Gasteiger partial charge in [-0.05, 0) is 57.3 Å². The molecule has 0 aliphatic carbocycles. The van der Waals surface area contributed by atoms with Crippen LogP contribution in [0.4, 0.5) is 0 Å². The molecule has 5 heteroatoms. The predicted molar refractivity (Wildman–Crippen MR) is 84.8 cm³/mol. The van der Waals surface area contributed by atoms with Gasteiger partial charge in [0.05, 0.1) is 11.2 Å². The first-order chi connectivity index (χ1) is 8.89. The Morgan fingerprint density at radius 3 is 2.35 bits per heavy atom. The van der Waals surface area contributed by atoms with Crippen molar-refractivity contribution in [2.45, 2.75) is 51.9 Å². The smallest absolute Gasteiger partial charge is 0.399 e. The van der Waals surface area contributed by atoms with E-state index in [4.69, 9.17) is 9.31 Å². The molecular formula is C15H23BClNO2. The first-order valence-electron chi connectivity index (χ1n) is 7.07. The van der Waals surface area contributed by atoms with Crippen LogP contribution in [0.2, 0.25) is 0 Å². The fourth-order valence-electron chi connectivity index (χ4n) is 2.62. The lowest BCUT2D eigenvalue weighted by molar-refractivity contribution is 0.00578. The van der Waals surface area contributed by atoms with Crippen molar-refractivity contribution in [3.05, 3.63) is 29.3 Å². The zero-order chi connectivity index (χ0) is 13.7. The Balaban J connectivity index is 0.00000147. The van der Waals surface area contributed by atoms with E-state index in [0.29, 0.717) is 0 Å². The van der Waals surface area contributed by atoms with Gasteiger partial charge in [0.25, 0.3) is 0 Å². The molecule has 1 N–H and O–H groups in total. The van der Waals surface area contributed by atoms with E-state index in [1.54, 1.807) is 0 Å². The van der Waals surface area contributed by atoms with Crippen LogP contribution in [0.3, 0.4) is 0 Å². The Bertz CT molecular complexity index is 489. The zero-order valence-corrected chi connectivity index (χ0v) is 13.5. The van der Waals surface area contributed by atoms with Gasteiger partial charge in [-0.25, -0.2) is 0 Å². The van der Waals surface area contributed by atoms with Gasteiger partial charge < -0.3 is 14.6 Å². The highest BCUT2D eigenvalue weighted by atomic mass is 35.5. The number of hydrogen-bond acceptors (Lipinski definition) is 3. The molecule has 0 saturated carbocycles. The van der Waals surface area contributed by atoms with E-state index in [9.17, 15) is 0 Å². The number of rotatable bonds is 1. The molecule has 0 atom stereocenters. The maximum absolute atomic E-state index is 6.10. The summed E-state index contributed by atoms with van der Waals surface area (Å²) < 4.78 is 12.2. The van der Waals surface area contributed by atoms with Crippen LogP contribution in [0.1, 0.15) is 38.8 Å². The van der Waals surface area contributed by atoms with Crippen LogP contribution >= 0.6 is 12.4 Å². The van der Waals surface area contributed by atoms with Crippen LogP contribution in [0.25, 0.3) is 0 Å². The van der Waals surface area contributed by atoms with Crippen molar-refractivity contribution in [3.8, 4) is 0 Å². The lowest BCUT2D eigenvalue weighted by Crippen LogP contribution is -2.41. The van der Waals surface area contributed by atoms with Gasteiger partial charge in [-0.3, -0.25) is 0 Å². The predicted octanol–water partition coefficient (Wildman–Crippen LogP) is 2.05. The van der Waals surface area contributed by atoms with Crippen LogP contribution in [0.5, 0.6) is 0 Å². The average molecular weight is 296 g/mol. The minimum Gasteiger partial charge on any atom is -0.399 e. The Kier molecular flexibility index (Phi) is 4.23. The third-order valence-corrected chi connectivity index (χ3v) is 4.64. The summed E-state index contributed by atoms with van der Waals surface area (Å²) in [4.78, 5) is 0. The average Bonchev–Trinajstić information content (AvgIpc) is 2.58. The van der Waals surface area contributed by atoms with Gasteiger partial charge in [0.15, 0.2) is 0 Å². The third kappa shape index (κ3) is 2.62. The summed E-state index contributed by atoms with van der Waals surface area (Å²) in [6, 6.07) is 6.58. The second-order valence-electron chi connectivity index (χ2n) is 6.54. The first-order valence-corrected chi connectivity index (χ1v) is 7.07. The van der Waals surface area contributed by atoms with E-state index in [-0.39, 0.29) is 30.7 Å². The van der Waals surface area contributed by atoms with Gasteiger partial charge in [0.1, 0.15) is 0 Å². The molecule has 20 heavy (non-hydrogen) atoms. The highest BCUT2D eigenvalue weighted by Gasteiger charge is 2.51. The maximum Gasteiger partial charge on any atom is 0.494 e. The molecule has 0 bridgehead atoms. The molecule has 0 unspecified atom stereocenters. The van der Waals surface area contributed by atoms with E-state index >= 15 is 0 Å². The SMILES string of the molecule is CC1(C)OB(c2ccc3c(c2)CCNC3)OC1(C)C.Cl. The standard InChI is InChI=1S/C15H22BNO2.ClH/c1-14(2)15(3,4)19-16(18-14)13-6-5-12-10-17-8-7-11(12)9-13;/h5-6,9,17H,7-8,10H2,1-4H3;1H. The van der Waals surface area contributed by atoms with Crippen LogP contribution in [0.15, 0.2) is 18.2 Å². The number of benzene rings is 1. The number of halogens is 1. The van der Waals surface area contributed by atoms with Gasteiger partial charge in [-0.1, -0.05) is 18.2 Å². The monoisotopic (exact) mass is 295 g/mol. The van der Waals surface area contributed by atoms with Crippen molar-refractivity contribution in [3.63, 3.8) is 0 Å². The normalized spacial score (nSPS) is 23.1. The molecule has 2 aliphatic heterocycles. The van der Waals surface area contributed by atoms with Crippen LogP contribution < -0.4 is 10.8 Å². The lowest BCUT2D eigenvalue weighted by atomic mass is 9.77. The van der Waals surface area contributed by atoms with E-state index in [0.717, 1.165) is 25.0 Å². The molecule has 3 nitrogen and oxygen atoms in total. The van der Waals surface area contributed by atoms with E-state index in [1.165, 1.54) is 11.1 Å². The summed E-state index contributed by atoms with van der Waals surface area (Å²) in [6.45, 7) is 10.4. The second-order valence-corrected chi connectivity index (χ2v) is 6.54. The van der Waals surface area contributed by atoms with E-state index < -0.39 is 0 Å². The largest absolute Gasteiger partial charge is 0.494 e. The van der Waals surface area contributed by atoms with Crippen LogP contribution in [-0.2, 0) is 22.3 Å². The van der Waals surface area contributed by atoms with Crippen molar-refractivity contribution >= 4 is 25.0 Å². The molecule has 0 aromatic heterocycles. The van der Waals surface area contributed by atoms with E-state index in [1.807, 2.05) is 0 Å². The van der Waals surface area contributed by atoms with Crippen molar-refractivity contribution in [1.29, 1.82) is 0 Å². The van der Waals surface area contributed by atoms with Crippen molar-refractivity contribution in [2.75, 3.05) is 6.54 Å². The maximum atomic E-state index is 6.10. The molecule has 1 aromatic carbocycles. The molecule has 0 radical (unpaired) electrons. The summed E-state index contributed by atoms with van der Waals surface area (Å²) in [7, 11) is -0.245. The lowest BCUT2D eigenvalue weighted by Gasteiger charge is -2.32. The van der Waals surface area contributed by atoms with Gasteiger partial charge in [0, 0.05) is 6.54 Å². The third-order valence-electron chi connectivity index (χ3n) is 4.64. The van der Waals surface area contributed by atoms with Crippen molar-refractivity contribution < 1.29 is 9.31 Å². The highest BCUT2D eigenvalue weighted by molar-refractivity contribution is 6.62. The topological polar surface area (TPSA) is 30.5 Å². The first kappa shape index (κ1) is 15.8. The number of hydrogen-bond donors (Lipinski definition) is 1. The van der Waals surface area contributed by atoms with Gasteiger partial charge >= 0.3 is 7.12 Å². The summed E-state index contributed by atoms with van der Waals surface area (Å²) in [6.07, 6.45) is 1.09. The molecular weight excluding hydrogens is 272 g/mol. The molecule has 1 fully saturated rings. The quantitative estimate of drug-likeness (QED) is 0.805. The van der Waals surface area contributed by atoms with Crippen LogP contribution in [-0.4, -0.2) is 24.9 Å². The Morgan fingerprint density at radius 2 is 1.70 bits per heavy atom. The second kappa shape index (κ2) is 5.34. The molecule has 0 spiro atoms.